The average Bonchev–Trinajstić information content (AvgIpc) is 3.15. The van der Waals surface area contributed by atoms with Gasteiger partial charge < -0.3 is 9.64 Å². The van der Waals surface area contributed by atoms with Crippen molar-refractivity contribution in [1.29, 1.82) is 0 Å². The summed E-state index contributed by atoms with van der Waals surface area (Å²) in [5, 5.41) is 4.93. The fourth-order valence-electron chi connectivity index (χ4n) is 3.94. The molecule has 170 valence electrons. The van der Waals surface area contributed by atoms with Crippen LogP contribution in [-0.2, 0) is 6.67 Å². The van der Waals surface area contributed by atoms with Crippen molar-refractivity contribution in [3.05, 3.63) is 53.6 Å². The van der Waals surface area contributed by atoms with Crippen LogP contribution in [0.2, 0.25) is 0 Å². The summed E-state index contributed by atoms with van der Waals surface area (Å²) in [6.45, 7) is 10.7. The molecule has 0 bridgehead atoms. The molecule has 0 amide bonds. The molecule has 0 saturated carbocycles. The van der Waals surface area contributed by atoms with Crippen LogP contribution >= 0.6 is 12.2 Å². The van der Waals surface area contributed by atoms with Crippen molar-refractivity contribution in [3.63, 3.8) is 0 Å². The van der Waals surface area contributed by atoms with Crippen LogP contribution in [0.3, 0.4) is 0 Å². The lowest BCUT2D eigenvalue weighted by Gasteiger charge is -2.34. The molecule has 1 aromatic carbocycles. The van der Waals surface area contributed by atoms with Gasteiger partial charge in [-0.3, -0.25) is 14.5 Å². The first-order valence-corrected chi connectivity index (χ1v) is 11.7. The maximum Gasteiger partial charge on any atom is 0.204 e. The minimum absolute atomic E-state index is 0.684. The van der Waals surface area contributed by atoms with Gasteiger partial charge in [0, 0.05) is 44.1 Å². The molecular formula is C24H32N6OS. The minimum atomic E-state index is 0.684. The zero-order valence-corrected chi connectivity index (χ0v) is 20.0. The van der Waals surface area contributed by atoms with Crippen molar-refractivity contribution in [1.82, 2.24) is 29.1 Å². The first-order chi connectivity index (χ1) is 15.5. The van der Waals surface area contributed by atoms with Crippen molar-refractivity contribution < 1.29 is 4.74 Å². The lowest BCUT2D eigenvalue weighted by atomic mass is 10.1. The van der Waals surface area contributed by atoms with Crippen LogP contribution in [0.1, 0.15) is 20.3 Å². The van der Waals surface area contributed by atoms with E-state index in [4.69, 9.17) is 22.1 Å². The largest absolute Gasteiger partial charge is 0.497 e. The summed E-state index contributed by atoms with van der Waals surface area (Å²) in [6, 6.07) is 11.9. The Hall–Kier alpha value is -2.55. The Bertz CT molecular complexity index is 1050. The third-order valence-corrected chi connectivity index (χ3v) is 6.32. The normalized spacial score (nSPS) is 15.4. The average molecular weight is 453 g/mol. The number of rotatable bonds is 8. The molecule has 0 atom stereocenters. The zero-order valence-electron chi connectivity index (χ0n) is 19.1. The SMILES string of the molecule is COc1ccc(-n2c(-c3ccncc3)nn(CN3CCN(CCC(C)C)CC3)c2=S)cc1. The van der Waals surface area contributed by atoms with Gasteiger partial charge in [0.2, 0.25) is 4.77 Å². The van der Waals surface area contributed by atoms with Gasteiger partial charge in [0.25, 0.3) is 0 Å². The molecule has 3 aromatic rings. The molecule has 1 saturated heterocycles. The second-order valence-electron chi connectivity index (χ2n) is 8.66. The molecule has 32 heavy (non-hydrogen) atoms. The lowest BCUT2D eigenvalue weighted by Crippen LogP contribution is -2.47. The fraction of sp³-hybridized carbons (Fsp3) is 0.458. The maximum absolute atomic E-state index is 5.90. The highest BCUT2D eigenvalue weighted by Crippen LogP contribution is 2.24. The van der Waals surface area contributed by atoms with Crippen molar-refractivity contribution in [2.24, 2.45) is 5.92 Å². The van der Waals surface area contributed by atoms with E-state index >= 15 is 0 Å². The molecule has 1 aliphatic rings. The molecule has 1 fully saturated rings. The maximum atomic E-state index is 5.90. The number of benzene rings is 1. The minimum Gasteiger partial charge on any atom is -0.497 e. The van der Waals surface area contributed by atoms with E-state index < -0.39 is 0 Å². The molecule has 2 aromatic heterocycles. The first-order valence-electron chi connectivity index (χ1n) is 11.2. The Morgan fingerprint density at radius 3 is 2.25 bits per heavy atom. The molecule has 4 rings (SSSR count). The van der Waals surface area contributed by atoms with E-state index in [2.05, 4.69) is 28.6 Å². The van der Waals surface area contributed by atoms with E-state index in [1.165, 1.54) is 13.0 Å². The smallest absolute Gasteiger partial charge is 0.204 e. The van der Waals surface area contributed by atoms with Crippen LogP contribution in [-0.4, -0.2) is 69.0 Å². The standard InChI is InChI=1S/C24H32N6OS/c1-19(2)10-13-27-14-16-28(17-15-27)18-29-24(32)30(21-4-6-22(31-3)7-5-21)23(26-29)20-8-11-25-12-9-20/h4-9,11-12,19H,10,13-18H2,1-3H3. The molecule has 0 unspecified atom stereocenters. The van der Waals surface area contributed by atoms with Gasteiger partial charge in [-0.05, 0) is 67.5 Å². The molecule has 7 nitrogen and oxygen atoms in total. The van der Waals surface area contributed by atoms with E-state index in [1.807, 2.05) is 45.6 Å². The van der Waals surface area contributed by atoms with Crippen molar-refractivity contribution in [3.8, 4) is 22.8 Å². The predicted molar refractivity (Wildman–Crippen MR) is 130 cm³/mol. The third-order valence-electron chi connectivity index (χ3n) is 5.93. The zero-order chi connectivity index (χ0) is 22.5. The summed E-state index contributed by atoms with van der Waals surface area (Å²) in [5.74, 6) is 2.38. The predicted octanol–water partition coefficient (Wildman–Crippen LogP) is 4.10. The molecular weight excluding hydrogens is 420 g/mol. The van der Waals surface area contributed by atoms with E-state index in [0.717, 1.165) is 54.9 Å². The Balaban J connectivity index is 1.57. The number of hydrogen-bond acceptors (Lipinski definition) is 6. The van der Waals surface area contributed by atoms with Crippen LogP contribution in [0.15, 0.2) is 48.8 Å². The highest BCUT2D eigenvalue weighted by molar-refractivity contribution is 7.71. The molecule has 0 N–H and O–H groups in total. The summed E-state index contributed by atoms with van der Waals surface area (Å²) in [5.41, 5.74) is 1.95. The van der Waals surface area contributed by atoms with Gasteiger partial charge in [0.1, 0.15) is 5.75 Å². The Morgan fingerprint density at radius 2 is 1.62 bits per heavy atom. The molecule has 1 aliphatic heterocycles. The number of pyridine rings is 1. The second kappa shape index (κ2) is 10.4. The van der Waals surface area contributed by atoms with E-state index in [-0.39, 0.29) is 0 Å². The topological polar surface area (TPSA) is 51.4 Å². The number of piperazine rings is 1. The van der Waals surface area contributed by atoms with E-state index in [0.29, 0.717) is 11.4 Å². The molecule has 8 heteroatoms. The highest BCUT2D eigenvalue weighted by atomic mass is 32.1. The molecule has 0 radical (unpaired) electrons. The van der Waals surface area contributed by atoms with Crippen LogP contribution < -0.4 is 4.74 Å². The highest BCUT2D eigenvalue weighted by Gasteiger charge is 2.20. The molecule has 3 heterocycles. The van der Waals surface area contributed by atoms with Crippen LogP contribution in [0.25, 0.3) is 17.1 Å². The summed E-state index contributed by atoms with van der Waals surface area (Å²) >= 11 is 5.90. The number of nitrogens with zero attached hydrogens (tertiary/aromatic N) is 6. The second-order valence-corrected chi connectivity index (χ2v) is 9.02. The van der Waals surface area contributed by atoms with Crippen LogP contribution in [0.5, 0.6) is 5.75 Å². The number of methoxy groups -OCH3 is 1. The van der Waals surface area contributed by atoms with Crippen LogP contribution in [0.4, 0.5) is 0 Å². The first kappa shape index (κ1) is 22.6. The summed E-state index contributed by atoms with van der Waals surface area (Å²) < 4.78 is 9.98. The Morgan fingerprint density at radius 1 is 0.969 bits per heavy atom. The fourth-order valence-corrected chi connectivity index (χ4v) is 4.23. The third kappa shape index (κ3) is 5.26. The molecule has 0 aliphatic carbocycles. The Labute approximate surface area is 195 Å². The van der Waals surface area contributed by atoms with Gasteiger partial charge in [-0.15, -0.1) is 5.10 Å². The van der Waals surface area contributed by atoms with Gasteiger partial charge in [0.15, 0.2) is 5.82 Å². The van der Waals surface area contributed by atoms with E-state index in [1.54, 1.807) is 19.5 Å². The quantitative estimate of drug-likeness (QED) is 0.480. The number of hydrogen-bond donors (Lipinski definition) is 0. The van der Waals surface area contributed by atoms with E-state index in [9.17, 15) is 0 Å². The van der Waals surface area contributed by atoms with Gasteiger partial charge in [0.05, 0.1) is 19.5 Å². The van der Waals surface area contributed by atoms with Crippen molar-refractivity contribution in [2.45, 2.75) is 26.9 Å². The lowest BCUT2D eigenvalue weighted by molar-refractivity contribution is 0.0994. The summed E-state index contributed by atoms with van der Waals surface area (Å²) in [4.78, 5) is 9.15. The van der Waals surface area contributed by atoms with Crippen LogP contribution in [0, 0.1) is 10.7 Å². The van der Waals surface area contributed by atoms with Gasteiger partial charge >= 0.3 is 0 Å². The Kier molecular flexibility index (Phi) is 7.34. The molecule has 0 spiro atoms. The summed E-state index contributed by atoms with van der Waals surface area (Å²) in [7, 11) is 1.67. The number of ether oxygens (including phenoxy) is 1. The van der Waals surface area contributed by atoms with Crippen molar-refractivity contribution >= 4 is 12.2 Å². The monoisotopic (exact) mass is 452 g/mol. The van der Waals surface area contributed by atoms with Gasteiger partial charge in [-0.25, -0.2) is 4.68 Å². The van der Waals surface area contributed by atoms with Gasteiger partial charge in [-0.2, -0.15) is 0 Å². The summed E-state index contributed by atoms with van der Waals surface area (Å²) in [6.07, 6.45) is 4.82. The van der Waals surface area contributed by atoms with Gasteiger partial charge in [-0.1, -0.05) is 13.8 Å². The van der Waals surface area contributed by atoms with Crippen molar-refractivity contribution in [2.75, 3.05) is 39.8 Å². The number of aromatic nitrogens is 4.